The number of hydrogen-bond donors (Lipinski definition) is 1. The van der Waals surface area contributed by atoms with E-state index in [1.807, 2.05) is 19.9 Å². The Kier molecular flexibility index (Phi) is 4.52. The molecule has 0 unspecified atom stereocenters. The lowest BCUT2D eigenvalue weighted by Crippen LogP contribution is -2.22. The molecule has 0 aliphatic carbocycles. The zero-order valence-corrected chi connectivity index (χ0v) is 9.60. The molecule has 0 fully saturated rings. The zero-order valence-electron chi connectivity index (χ0n) is 9.60. The number of hydrogen-bond acceptors (Lipinski definition) is 3. The van der Waals surface area contributed by atoms with Crippen molar-refractivity contribution in [1.29, 1.82) is 5.26 Å². The summed E-state index contributed by atoms with van der Waals surface area (Å²) in [5.41, 5.74) is 0. The van der Waals surface area contributed by atoms with E-state index in [2.05, 4.69) is 10.4 Å². The SMILES string of the molecule is CCC(CC)C(=O)Nc1ccn(CC#N)n1. The van der Waals surface area contributed by atoms with E-state index in [1.165, 1.54) is 4.68 Å². The van der Waals surface area contributed by atoms with E-state index in [-0.39, 0.29) is 18.4 Å². The molecule has 1 heterocycles. The van der Waals surface area contributed by atoms with E-state index in [0.29, 0.717) is 5.82 Å². The summed E-state index contributed by atoms with van der Waals surface area (Å²) in [5.74, 6) is 0.528. The maximum absolute atomic E-state index is 11.7. The van der Waals surface area contributed by atoms with E-state index in [4.69, 9.17) is 5.26 Å². The van der Waals surface area contributed by atoms with E-state index >= 15 is 0 Å². The van der Waals surface area contributed by atoms with Crippen LogP contribution < -0.4 is 5.32 Å². The highest BCUT2D eigenvalue weighted by atomic mass is 16.1. The molecule has 0 aliphatic rings. The molecular formula is C11H16N4O. The number of nitrogens with zero attached hydrogens (tertiary/aromatic N) is 3. The summed E-state index contributed by atoms with van der Waals surface area (Å²) in [6.07, 6.45) is 3.31. The van der Waals surface area contributed by atoms with Gasteiger partial charge in [-0.2, -0.15) is 10.4 Å². The van der Waals surface area contributed by atoms with Crippen molar-refractivity contribution in [2.45, 2.75) is 33.2 Å². The van der Waals surface area contributed by atoms with Crippen molar-refractivity contribution in [2.75, 3.05) is 5.32 Å². The summed E-state index contributed by atoms with van der Waals surface area (Å²) in [6.45, 7) is 4.17. The predicted octanol–water partition coefficient (Wildman–Crippen LogP) is 1.78. The van der Waals surface area contributed by atoms with Gasteiger partial charge in [0.2, 0.25) is 5.91 Å². The van der Waals surface area contributed by atoms with Gasteiger partial charge in [0.15, 0.2) is 5.82 Å². The normalized spacial score (nSPS) is 10.1. The molecule has 5 heteroatoms. The molecule has 1 N–H and O–H groups in total. The Balaban J connectivity index is 2.59. The first kappa shape index (κ1) is 12.2. The third-order valence-electron chi connectivity index (χ3n) is 2.48. The average molecular weight is 220 g/mol. The van der Waals surface area contributed by atoms with Gasteiger partial charge in [0.25, 0.3) is 0 Å². The molecule has 1 aromatic rings. The van der Waals surface area contributed by atoms with Crippen LogP contribution in [0, 0.1) is 17.2 Å². The fraction of sp³-hybridized carbons (Fsp3) is 0.545. The molecule has 0 saturated carbocycles. The highest BCUT2D eigenvalue weighted by Gasteiger charge is 2.14. The summed E-state index contributed by atoms with van der Waals surface area (Å²) >= 11 is 0. The van der Waals surface area contributed by atoms with Gasteiger partial charge in [-0.1, -0.05) is 13.8 Å². The molecular weight excluding hydrogens is 204 g/mol. The summed E-state index contributed by atoms with van der Waals surface area (Å²) in [5, 5.41) is 15.3. The molecule has 5 nitrogen and oxygen atoms in total. The third kappa shape index (κ3) is 3.09. The van der Waals surface area contributed by atoms with Crippen molar-refractivity contribution in [2.24, 2.45) is 5.92 Å². The first-order valence-electron chi connectivity index (χ1n) is 5.42. The molecule has 0 atom stereocenters. The van der Waals surface area contributed by atoms with Crippen LogP contribution in [0.4, 0.5) is 5.82 Å². The molecule has 0 aliphatic heterocycles. The molecule has 1 aromatic heterocycles. The summed E-state index contributed by atoms with van der Waals surface area (Å²) in [4.78, 5) is 11.7. The maximum Gasteiger partial charge on any atom is 0.228 e. The smallest absolute Gasteiger partial charge is 0.228 e. The Bertz CT molecular complexity index is 387. The van der Waals surface area contributed by atoms with E-state index in [1.54, 1.807) is 12.3 Å². The molecule has 0 spiro atoms. The highest BCUT2D eigenvalue weighted by Crippen LogP contribution is 2.11. The molecule has 1 rings (SSSR count). The first-order valence-corrected chi connectivity index (χ1v) is 5.42. The van der Waals surface area contributed by atoms with E-state index in [9.17, 15) is 4.79 Å². The van der Waals surface area contributed by atoms with Crippen LogP contribution in [-0.4, -0.2) is 15.7 Å². The van der Waals surface area contributed by atoms with Crippen LogP contribution in [0.25, 0.3) is 0 Å². The van der Waals surface area contributed by atoms with Crippen molar-refractivity contribution < 1.29 is 4.79 Å². The lowest BCUT2D eigenvalue weighted by atomic mass is 10.0. The fourth-order valence-corrected chi connectivity index (χ4v) is 1.48. The van der Waals surface area contributed by atoms with Gasteiger partial charge in [-0.05, 0) is 12.8 Å². The standard InChI is InChI=1S/C11H16N4O/c1-3-9(4-2)11(16)13-10-5-7-15(14-10)8-6-12/h5,7,9H,3-4,8H2,1-2H3,(H,13,14,16). The van der Waals surface area contributed by atoms with E-state index in [0.717, 1.165) is 12.8 Å². The predicted molar refractivity (Wildman–Crippen MR) is 60.5 cm³/mol. The number of carbonyl (C=O) groups excluding carboxylic acids is 1. The number of carbonyl (C=O) groups is 1. The van der Waals surface area contributed by atoms with Crippen molar-refractivity contribution in [3.8, 4) is 6.07 Å². The molecule has 0 bridgehead atoms. The average Bonchev–Trinajstić information content (AvgIpc) is 2.68. The van der Waals surface area contributed by atoms with Crippen LogP contribution in [0.3, 0.4) is 0 Å². The first-order chi connectivity index (χ1) is 7.71. The second kappa shape index (κ2) is 5.91. The topological polar surface area (TPSA) is 70.7 Å². The third-order valence-corrected chi connectivity index (χ3v) is 2.48. The fourth-order valence-electron chi connectivity index (χ4n) is 1.48. The number of amides is 1. The van der Waals surface area contributed by atoms with Crippen molar-refractivity contribution in [3.63, 3.8) is 0 Å². The van der Waals surface area contributed by atoms with Crippen LogP contribution in [0.15, 0.2) is 12.3 Å². The minimum Gasteiger partial charge on any atom is -0.309 e. The van der Waals surface area contributed by atoms with Crippen LogP contribution >= 0.6 is 0 Å². The maximum atomic E-state index is 11.7. The molecule has 0 aromatic carbocycles. The largest absolute Gasteiger partial charge is 0.309 e. The summed E-state index contributed by atoms with van der Waals surface area (Å²) in [6, 6.07) is 3.68. The molecule has 0 saturated heterocycles. The van der Waals surface area contributed by atoms with Gasteiger partial charge in [-0.15, -0.1) is 0 Å². The monoisotopic (exact) mass is 220 g/mol. The minimum absolute atomic E-state index is 0.00722. The van der Waals surface area contributed by atoms with Crippen LogP contribution in [0.5, 0.6) is 0 Å². The number of anilines is 1. The van der Waals surface area contributed by atoms with Crippen LogP contribution in [-0.2, 0) is 11.3 Å². The van der Waals surface area contributed by atoms with Gasteiger partial charge in [0.1, 0.15) is 6.54 Å². The van der Waals surface area contributed by atoms with Gasteiger partial charge in [0, 0.05) is 18.2 Å². The highest BCUT2D eigenvalue weighted by molar-refractivity contribution is 5.91. The Morgan fingerprint density at radius 3 is 2.88 bits per heavy atom. The number of nitriles is 1. The lowest BCUT2D eigenvalue weighted by molar-refractivity contribution is -0.120. The Morgan fingerprint density at radius 2 is 2.31 bits per heavy atom. The second-order valence-corrected chi connectivity index (χ2v) is 3.56. The molecule has 1 amide bonds. The summed E-state index contributed by atoms with van der Waals surface area (Å²) < 4.78 is 1.49. The molecule has 0 radical (unpaired) electrons. The number of rotatable bonds is 5. The lowest BCUT2D eigenvalue weighted by Gasteiger charge is -2.10. The Morgan fingerprint density at radius 1 is 1.62 bits per heavy atom. The van der Waals surface area contributed by atoms with Gasteiger partial charge < -0.3 is 5.32 Å². The summed E-state index contributed by atoms with van der Waals surface area (Å²) in [7, 11) is 0. The van der Waals surface area contributed by atoms with Crippen molar-refractivity contribution in [3.05, 3.63) is 12.3 Å². The van der Waals surface area contributed by atoms with Gasteiger partial charge >= 0.3 is 0 Å². The number of nitrogens with one attached hydrogen (secondary N) is 1. The minimum atomic E-state index is -0.00722. The molecule has 16 heavy (non-hydrogen) atoms. The molecule has 86 valence electrons. The zero-order chi connectivity index (χ0) is 12.0. The second-order valence-electron chi connectivity index (χ2n) is 3.56. The van der Waals surface area contributed by atoms with Gasteiger partial charge in [0.05, 0.1) is 6.07 Å². The van der Waals surface area contributed by atoms with Crippen molar-refractivity contribution >= 4 is 11.7 Å². The van der Waals surface area contributed by atoms with Gasteiger partial charge in [-0.25, -0.2) is 0 Å². The van der Waals surface area contributed by atoms with Crippen molar-refractivity contribution in [1.82, 2.24) is 9.78 Å². The Labute approximate surface area is 95.1 Å². The van der Waals surface area contributed by atoms with Crippen LogP contribution in [0.2, 0.25) is 0 Å². The van der Waals surface area contributed by atoms with Crippen LogP contribution in [0.1, 0.15) is 26.7 Å². The quantitative estimate of drug-likeness (QED) is 0.822. The van der Waals surface area contributed by atoms with E-state index < -0.39 is 0 Å². The Hall–Kier alpha value is -1.83. The number of aromatic nitrogens is 2. The van der Waals surface area contributed by atoms with Gasteiger partial charge in [-0.3, -0.25) is 9.48 Å².